The molecule has 0 bridgehead atoms. The van der Waals surface area contributed by atoms with Gasteiger partial charge in [0.05, 0.1) is 20.3 Å². The molecule has 0 aliphatic carbocycles. The van der Waals surface area contributed by atoms with Gasteiger partial charge in [0.1, 0.15) is 5.75 Å². The van der Waals surface area contributed by atoms with Crippen LogP contribution in [0.2, 0.25) is 0 Å². The Morgan fingerprint density at radius 1 is 1.05 bits per heavy atom. The van der Waals surface area contributed by atoms with E-state index in [-0.39, 0.29) is 5.75 Å². The first-order valence-electron chi connectivity index (χ1n) is 6.20. The Balaban J connectivity index is 1.94. The third-order valence-electron chi connectivity index (χ3n) is 2.73. The molecule has 0 amide bonds. The highest BCUT2D eigenvalue weighted by molar-refractivity contribution is 5.34. The van der Waals surface area contributed by atoms with E-state index in [0.29, 0.717) is 24.3 Å². The van der Waals surface area contributed by atoms with Gasteiger partial charge in [-0.1, -0.05) is 12.1 Å². The normalized spacial score (nSPS) is 10.1. The van der Waals surface area contributed by atoms with Crippen LogP contribution >= 0.6 is 0 Å². The average Bonchev–Trinajstić information content (AvgIpc) is 2.49. The number of hydrogen-bond acceptors (Lipinski definition) is 6. The second kappa shape index (κ2) is 6.60. The van der Waals surface area contributed by atoms with Crippen molar-refractivity contribution < 1.29 is 14.6 Å². The Hall–Kier alpha value is -2.50. The van der Waals surface area contributed by atoms with Crippen LogP contribution in [-0.2, 0) is 6.42 Å². The molecule has 0 aliphatic rings. The van der Waals surface area contributed by atoms with Crippen LogP contribution in [0.5, 0.6) is 17.5 Å². The van der Waals surface area contributed by atoms with E-state index >= 15 is 0 Å². The maximum Gasteiger partial charge on any atom is 0.229 e. The van der Waals surface area contributed by atoms with Crippen LogP contribution in [0.15, 0.2) is 30.3 Å². The molecule has 1 aromatic heterocycles. The molecule has 2 aromatic rings. The lowest BCUT2D eigenvalue weighted by Gasteiger charge is -2.08. The largest absolute Gasteiger partial charge is 0.508 e. The third-order valence-corrected chi connectivity index (χ3v) is 2.73. The summed E-state index contributed by atoms with van der Waals surface area (Å²) in [5.74, 6) is 1.62. The molecule has 2 N–H and O–H groups in total. The number of aromatic hydroxyl groups is 1. The minimum atomic E-state index is 0.266. The average molecular weight is 275 g/mol. The van der Waals surface area contributed by atoms with E-state index < -0.39 is 0 Å². The number of hydrogen-bond donors (Lipinski definition) is 2. The van der Waals surface area contributed by atoms with E-state index in [9.17, 15) is 5.11 Å². The zero-order valence-electron chi connectivity index (χ0n) is 11.5. The highest BCUT2D eigenvalue weighted by atomic mass is 16.5. The van der Waals surface area contributed by atoms with Gasteiger partial charge in [-0.25, -0.2) is 0 Å². The lowest BCUT2D eigenvalue weighted by atomic mass is 10.1. The molecule has 0 aliphatic heterocycles. The van der Waals surface area contributed by atoms with Crippen LogP contribution in [0, 0.1) is 0 Å². The summed E-state index contributed by atoms with van der Waals surface area (Å²) in [6.07, 6.45) is 0.795. The molecule has 6 nitrogen and oxygen atoms in total. The number of ether oxygens (including phenoxy) is 2. The van der Waals surface area contributed by atoms with Gasteiger partial charge < -0.3 is 19.9 Å². The summed E-state index contributed by atoms with van der Waals surface area (Å²) in [5.41, 5.74) is 1.12. The Morgan fingerprint density at radius 2 is 1.65 bits per heavy atom. The maximum absolute atomic E-state index is 9.21. The van der Waals surface area contributed by atoms with E-state index in [1.54, 1.807) is 32.4 Å². The number of benzene rings is 1. The molecule has 20 heavy (non-hydrogen) atoms. The molecular formula is C14H17N3O3. The van der Waals surface area contributed by atoms with Gasteiger partial charge in [0, 0.05) is 6.54 Å². The van der Waals surface area contributed by atoms with Crippen LogP contribution in [0.4, 0.5) is 5.95 Å². The molecule has 0 fully saturated rings. The lowest BCUT2D eigenvalue weighted by Crippen LogP contribution is -2.09. The Kier molecular flexibility index (Phi) is 4.60. The molecular weight excluding hydrogens is 258 g/mol. The molecule has 0 saturated heterocycles. The van der Waals surface area contributed by atoms with Crippen molar-refractivity contribution in [2.75, 3.05) is 26.1 Å². The van der Waals surface area contributed by atoms with E-state index in [1.165, 1.54) is 0 Å². The molecule has 106 valence electrons. The number of rotatable bonds is 6. The Labute approximate surface area is 117 Å². The van der Waals surface area contributed by atoms with Gasteiger partial charge in [0.15, 0.2) is 0 Å². The van der Waals surface area contributed by atoms with Crippen LogP contribution in [-0.4, -0.2) is 35.8 Å². The first-order valence-corrected chi connectivity index (χ1v) is 6.20. The molecule has 6 heteroatoms. The van der Waals surface area contributed by atoms with Crippen molar-refractivity contribution in [3.05, 3.63) is 35.9 Å². The lowest BCUT2D eigenvalue weighted by molar-refractivity contribution is 0.373. The zero-order valence-corrected chi connectivity index (χ0v) is 11.5. The summed E-state index contributed by atoms with van der Waals surface area (Å²) < 4.78 is 10.2. The topological polar surface area (TPSA) is 76.5 Å². The molecule has 0 spiro atoms. The number of nitrogens with one attached hydrogen (secondary N) is 1. The number of phenols is 1. The van der Waals surface area contributed by atoms with Gasteiger partial charge in [0.25, 0.3) is 0 Å². The number of anilines is 1. The molecule has 1 aromatic carbocycles. The smallest absolute Gasteiger partial charge is 0.229 e. The minimum absolute atomic E-state index is 0.266. The number of aromatic nitrogens is 2. The summed E-state index contributed by atoms with van der Waals surface area (Å²) in [6.45, 7) is 0.668. The highest BCUT2D eigenvalue weighted by Crippen LogP contribution is 2.17. The summed E-state index contributed by atoms with van der Waals surface area (Å²) in [6, 6.07) is 8.71. The van der Waals surface area contributed by atoms with Gasteiger partial charge in [-0.15, -0.1) is 0 Å². The van der Waals surface area contributed by atoms with Crippen LogP contribution in [0.3, 0.4) is 0 Å². The maximum atomic E-state index is 9.21. The van der Waals surface area contributed by atoms with Gasteiger partial charge >= 0.3 is 0 Å². The number of nitrogens with zero attached hydrogens (tertiary/aromatic N) is 2. The Bertz CT molecular complexity index is 536. The molecule has 0 saturated carbocycles. The predicted octanol–water partition coefficient (Wildman–Crippen LogP) is 1.85. The first-order chi connectivity index (χ1) is 9.71. The van der Waals surface area contributed by atoms with Crippen molar-refractivity contribution >= 4 is 5.95 Å². The van der Waals surface area contributed by atoms with Crippen molar-refractivity contribution in [2.45, 2.75) is 6.42 Å². The summed E-state index contributed by atoms with van der Waals surface area (Å²) in [4.78, 5) is 8.36. The van der Waals surface area contributed by atoms with Crippen molar-refractivity contribution in [1.82, 2.24) is 9.97 Å². The predicted molar refractivity (Wildman–Crippen MR) is 75.4 cm³/mol. The fourth-order valence-corrected chi connectivity index (χ4v) is 1.67. The molecule has 0 radical (unpaired) electrons. The third kappa shape index (κ3) is 3.74. The van der Waals surface area contributed by atoms with Gasteiger partial charge in [-0.2, -0.15) is 9.97 Å². The summed E-state index contributed by atoms with van der Waals surface area (Å²) in [5, 5.41) is 12.3. The molecule has 0 unspecified atom stereocenters. The molecule has 0 atom stereocenters. The quantitative estimate of drug-likeness (QED) is 0.838. The Morgan fingerprint density at radius 3 is 2.20 bits per heavy atom. The minimum Gasteiger partial charge on any atom is -0.508 e. The summed E-state index contributed by atoms with van der Waals surface area (Å²) in [7, 11) is 3.09. The van der Waals surface area contributed by atoms with Crippen molar-refractivity contribution in [2.24, 2.45) is 0 Å². The molecule has 2 rings (SSSR count). The SMILES string of the molecule is COc1cc(OC)nc(NCCc2ccc(O)cc2)n1. The fraction of sp³-hybridized carbons (Fsp3) is 0.286. The second-order valence-corrected chi connectivity index (χ2v) is 4.12. The van der Waals surface area contributed by atoms with E-state index in [4.69, 9.17) is 9.47 Å². The standard InChI is InChI=1S/C14H17N3O3/c1-19-12-9-13(20-2)17-14(16-12)15-8-7-10-3-5-11(18)6-4-10/h3-6,9,18H,7-8H2,1-2H3,(H,15,16,17). The van der Waals surface area contributed by atoms with Gasteiger partial charge in [-0.05, 0) is 24.1 Å². The van der Waals surface area contributed by atoms with Crippen molar-refractivity contribution in [3.63, 3.8) is 0 Å². The van der Waals surface area contributed by atoms with Crippen molar-refractivity contribution in [3.8, 4) is 17.5 Å². The van der Waals surface area contributed by atoms with Gasteiger partial charge in [-0.3, -0.25) is 0 Å². The first kappa shape index (κ1) is 13.9. The van der Waals surface area contributed by atoms with Crippen LogP contribution < -0.4 is 14.8 Å². The second-order valence-electron chi connectivity index (χ2n) is 4.12. The number of methoxy groups -OCH3 is 2. The van der Waals surface area contributed by atoms with E-state index in [1.807, 2.05) is 12.1 Å². The highest BCUT2D eigenvalue weighted by Gasteiger charge is 2.04. The molecule has 1 heterocycles. The fourth-order valence-electron chi connectivity index (χ4n) is 1.67. The van der Waals surface area contributed by atoms with E-state index in [0.717, 1.165) is 12.0 Å². The monoisotopic (exact) mass is 275 g/mol. The number of phenolic OH excluding ortho intramolecular Hbond substituents is 1. The van der Waals surface area contributed by atoms with Crippen molar-refractivity contribution in [1.29, 1.82) is 0 Å². The summed E-state index contributed by atoms with van der Waals surface area (Å²) >= 11 is 0. The zero-order chi connectivity index (χ0) is 14.4. The van der Waals surface area contributed by atoms with Gasteiger partial charge in [0.2, 0.25) is 17.7 Å². The van der Waals surface area contributed by atoms with Crippen LogP contribution in [0.1, 0.15) is 5.56 Å². The van der Waals surface area contributed by atoms with E-state index in [2.05, 4.69) is 15.3 Å². The van der Waals surface area contributed by atoms with Crippen LogP contribution in [0.25, 0.3) is 0 Å².